The molecule has 36 heavy (non-hydrogen) atoms. The first-order valence-electron chi connectivity index (χ1n) is 12.3. The van der Waals surface area contributed by atoms with Gasteiger partial charge in [-0.15, -0.1) is 0 Å². The molecule has 3 N–H and O–H groups in total. The first-order valence-corrected chi connectivity index (χ1v) is 12.3. The molecule has 1 amide bonds. The smallest absolute Gasteiger partial charge is 0.419 e. The first kappa shape index (κ1) is 24.6. The van der Waals surface area contributed by atoms with E-state index < -0.39 is 11.7 Å². The van der Waals surface area contributed by atoms with Gasteiger partial charge in [-0.05, 0) is 61.6 Å². The molecule has 0 bridgehead atoms. The summed E-state index contributed by atoms with van der Waals surface area (Å²) in [6, 6.07) is 3.81. The van der Waals surface area contributed by atoms with Crippen LogP contribution in [0.25, 0.3) is 0 Å². The second-order valence-corrected chi connectivity index (χ2v) is 9.96. The van der Waals surface area contributed by atoms with Crippen LogP contribution in [0, 0.1) is 11.8 Å². The van der Waals surface area contributed by atoms with Crippen molar-refractivity contribution in [1.82, 2.24) is 15.3 Å². The van der Waals surface area contributed by atoms with E-state index in [2.05, 4.69) is 25.5 Å². The summed E-state index contributed by atoms with van der Waals surface area (Å²) in [7, 11) is 1.20. The minimum absolute atomic E-state index is 0.0324. The van der Waals surface area contributed by atoms with Gasteiger partial charge in [0.25, 0.3) is 5.91 Å². The van der Waals surface area contributed by atoms with Crippen LogP contribution in [0.15, 0.2) is 24.4 Å². The highest BCUT2D eigenvalue weighted by Crippen LogP contribution is 2.45. The zero-order chi connectivity index (χ0) is 25.4. The van der Waals surface area contributed by atoms with Crippen molar-refractivity contribution in [1.29, 1.82) is 0 Å². The van der Waals surface area contributed by atoms with E-state index in [9.17, 15) is 23.1 Å². The summed E-state index contributed by atoms with van der Waals surface area (Å²) in [6.45, 7) is 1.77. The maximum Gasteiger partial charge on any atom is 0.419 e. The van der Waals surface area contributed by atoms with Gasteiger partial charge in [0.2, 0.25) is 5.95 Å². The second-order valence-electron chi connectivity index (χ2n) is 9.96. The number of aliphatic hydroxyl groups is 1. The van der Waals surface area contributed by atoms with Crippen LogP contribution in [0.5, 0.6) is 5.75 Å². The van der Waals surface area contributed by atoms with Gasteiger partial charge < -0.3 is 25.4 Å². The van der Waals surface area contributed by atoms with Crippen LogP contribution < -0.4 is 20.3 Å². The quantitative estimate of drug-likeness (QED) is 0.529. The number of hydrogen-bond acceptors (Lipinski definition) is 7. The van der Waals surface area contributed by atoms with Crippen molar-refractivity contribution in [2.45, 2.75) is 57.0 Å². The number of carbonyl (C=O) groups is 1. The summed E-state index contributed by atoms with van der Waals surface area (Å²) in [5.74, 6) is 1.51. The predicted octanol–water partition coefficient (Wildman–Crippen LogP) is 3.61. The Labute approximate surface area is 207 Å². The molecule has 3 fully saturated rings. The molecular formula is C25H30F3N5O3. The molecule has 3 aliphatic rings. The number of rotatable bonds is 7. The summed E-state index contributed by atoms with van der Waals surface area (Å²) in [4.78, 5) is 24.2. The summed E-state index contributed by atoms with van der Waals surface area (Å²) < 4.78 is 45.3. The van der Waals surface area contributed by atoms with Crippen molar-refractivity contribution >= 4 is 17.7 Å². The Morgan fingerprint density at radius 2 is 1.92 bits per heavy atom. The lowest BCUT2D eigenvalue weighted by Crippen LogP contribution is -2.39. The number of alkyl halides is 3. The summed E-state index contributed by atoms with van der Waals surface area (Å²) in [5, 5.41) is 15.8. The highest BCUT2D eigenvalue weighted by molar-refractivity contribution is 5.98. The van der Waals surface area contributed by atoms with Crippen molar-refractivity contribution in [2.24, 2.45) is 11.8 Å². The molecule has 5 rings (SSSR count). The Kier molecular flexibility index (Phi) is 6.67. The van der Waals surface area contributed by atoms with E-state index in [1.165, 1.54) is 25.8 Å². The van der Waals surface area contributed by atoms with Crippen molar-refractivity contribution in [3.63, 3.8) is 0 Å². The topological polar surface area (TPSA) is 99.6 Å². The van der Waals surface area contributed by atoms with Crippen molar-refractivity contribution in [3.05, 3.63) is 41.1 Å². The van der Waals surface area contributed by atoms with Crippen molar-refractivity contribution in [3.8, 4) is 5.75 Å². The lowest BCUT2D eigenvalue weighted by atomic mass is 9.93. The van der Waals surface area contributed by atoms with Gasteiger partial charge in [0.05, 0.1) is 18.8 Å². The van der Waals surface area contributed by atoms with E-state index in [0.717, 1.165) is 19.2 Å². The number of aromatic nitrogens is 2. The minimum Gasteiger partial charge on any atom is -0.496 e. The molecule has 1 aromatic heterocycles. The average Bonchev–Trinajstić information content (AvgIpc) is 3.47. The lowest BCUT2D eigenvalue weighted by Gasteiger charge is -2.26. The number of methoxy groups -OCH3 is 1. The Balaban J connectivity index is 1.36. The Morgan fingerprint density at radius 1 is 1.19 bits per heavy atom. The predicted molar refractivity (Wildman–Crippen MR) is 127 cm³/mol. The Bertz CT molecular complexity index is 1110. The van der Waals surface area contributed by atoms with Gasteiger partial charge in [-0.2, -0.15) is 18.2 Å². The molecule has 0 spiro atoms. The summed E-state index contributed by atoms with van der Waals surface area (Å²) in [5.41, 5.74) is -0.251. The van der Waals surface area contributed by atoms with Crippen LogP contribution in [-0.2, 0) is 12.7 Å². The van der Waals surface area contributed by atoms with Crippen LogP contribution in [-0.4, -0.2) is 53.3 Å². The Morgan fingerprint density at radius 3 is 2.58 bits per heavy atom. The van der Waals surface area contributed by atoms with E-state index in [1.54, 1.807) is 6.07 Å². The number of fused-ring (bicyclic) bond motifs is 1. The minimum atomic E-state index is -4.56. The van der Waals surface area contributed by atoms with Gasteiger partial charge in [-0.1, -0.05) is 6.07 Å². The number of anilines is 2. The highest BCUT2D eigenvalue weighted by Gasteiger charge is 2.46. The van der Waals surface area contributed by atoms with Gasteiger partial charge >= 0.3 is 6.18 Å². The average molecular weight is 506 g/mol. The molecule has 8 nitrogen and oxygen atoms in total. The highest BCUT2D eigenvalue weighted by atomic mass is 19.4. The van der Waals surface area contributed by atoms with Crippen LogP contribution >= 0.6 is 0 Å². The van der Waals surface area contributed by atoms with Gasteiger partial charge in [0.1, 0.15) is 17.1 Å². The number of carbonyl (C=O) groups excluding carboxylic acids is 1. The van der Waals surface area contributed by atoms with Gasteiger partial charge in [0.15, 0.2) is 0 Å². The molecule has 0 radical (unpaired) electrons. The number of nitrogens with one attached hydrogen (secondary N) is 2. The monoisotopic (exact) mass is 505 g/mol. The van der Waals surface area contributed by atoms with Crippen LogP contribution in [0.4, 0.5) is 24.9 Å². The van der Waals surface area contributed by atoms with Crippen molar-refractivity contribution < 1.29 is 27.8 Å². The molecule has 2 aromatic rings. The van der Waals surface area contributed by atoms with Gasteiger partial charge in [-0.3, -0.25) is 4.79 Å². The molecule has 11 heteroatoms. The number of piperidine rings is 1. The fourth-order valence-electron chi connectivity index (χ4n) is 5.14. The third-order valence-corrected chi connectivity index (χ3v) is 7.34. The lowest BCUT2D eigenvalue weighted by molar-refractivity contribution is -0.138. The Hall–Kier alpha value is -3.08. The zero-order valence-corrected chi connectivity index (χ0v) is 20.0. The summed E-state index contributed by atoms with van der Waals surface area (Å²) >= 11 is 0. The van der Waals surface area contributed by atoms with E-state index in [0.29, 0.717) is 49.0 Å². The third kappa shape index (κ3) is 5.35. The van der Waals surface area contributed by atoms with Crippen LogP contribution in [0.3, 0.4) is 0 Å². The van der Waals surface area contributed by atoms with E-state index in [4.69, 9.17) is 4.74 Å². The fourth-order valence-corrected chi connectivity index (χ4v) is 5.14. The zero-order valence-electron chi connectivity index (χ0n) is 20.0. The molecule has 2 atom stereocenters. The van der Waals surface area contributed by atoms with Crippen molar-refractivity contribution in [2.75, 3.05) is 30.4 Å². The van der Waals surface area contributed by atoms with Gasteiger partial charge in [0, 0.05) is 31.9 Å². The maximum absolute atomic E-state index is 13.5. The van der Waals surface area contributed by atoms with E-state index in [1.807, 2.05) is 0 Å². The number of nitrogens with zero attached hydrogens (tertiary/aromatic N) is 3. The molecule has 1 saturated heterocycles. The molecule has 0 unspecified atom stereocenters. The number of amides is 1. The molecular weight excluding hydrogens is 475 g/mol. The molecule has 1 aromatic carbocycles. The largest absolute Gasteiger partial charge is 0.496 e. The standard InChI is InChI=1S/C25H30F3N5O3/c1-36-21-7-2-14(8-20(21)25(26,27)28)10-29-22-19(23(35)31-17-3-5-18(34)6-4-17)11-30-24(32-22)33-12-15-9-16(15)13-33/h2,7-8,11,15-18,34H,3-6,9-10,12-13H2,1H3,(H,31,35)(H,29,30,32)/t15-,16-,17?,18?/m0/s1. The van der Waals surface area contributed by atoms with Crippen LogP contribution in [0.2, 0.25) is 0 Å². The first-order chi connectivity index (χ1) is 17.2. The number of halogens is 3. The molecule has 194 valence electrons. The number of ether oxygens (including phenoxy) is 1. The number of hydrogen-bond donors (Lipinski definition) is 3. The molecule has 1 aliphatic heterocycles. The van der Waals surface area contributed by atoms with E-state index in [-0.39, 0.29) is 41.7 Å². The molecule has 2 saturated carbocycles. The number of benzene rings is 1. The maximum atomic E-state index is 13.5. The SMILES string of the molecule is COc1ccc(CNc2nc(N3C[C@@H]4C[C@H]4C3)ncc2C(=O)NC2CCC(O)CC2)cc1C(F)(F)F. The number of aliphatic hydroxyl groups excluding tert-OH is 1. The fraction of sp³-hybridized carbons (Fsp3) is 0.560. The normalized spacial score (nSPS) is 25.3. The van der Waals surface area contributed by atoms with E-state index >= 15 is 0 Å². The molecule has 2 aliphatic carbocycles. The summed E-state index contributed by atoms with van der Waals surface area (Å²) in [6.07, 6.45) is 0.417. The van der Waals surface area contributed by atoms with Gasteiger partial charge in [-0.25, -0.2) is 4.98 Å². The molecule has 2 heterocycles. The third-order valence-electron chi connectivity index (χ3n) is 7.34. The second kappa shape index (κ2) is 9.76. The van der Waals surface area contributed by atoms with Crippen LogP contribution in [0.1, 0.15) is 53.6 Å².